The van der Waals surface area contributed by atoms with Gasteiger partial charge in [0.2, 0.25) is 5.91 Å². The molecule has 2 saturated heterocycles. The fourth-order valence-electron chi connectivity index (χ4n) is 2.48. The molecule has 7 nitrogen and oxygen atoms in total. The van der Waals surface area contributed by atoms with Crippen molar-refractivity contribution in [3.05, 3.63) is 0 Å². The molecule has 0 aromatic heterocycles. The van der Waals surface area contributed by atoms with E-state index in [2.05, 4.69) is 5.32 Å². The van der Waals surface area contributed by atoms with Gasteiger partial charge in [0, 0.05) is 13.1 Å². The maximum absolute atomic E-state index is 12.1. The Bertz CT molecular complexity index is 303. The van der Waals surface area contributed by atoms with E-state index >= 15 is 0 Å². The van der Waals surface area contributed by atoms with E-state index in [1.807, 2.05) is 0 Å². The molecule has 2 aliphatic heterocycles. The number of amides is 1. The molecular formula is C9H17BN2O5. The molecule has 0 aromatic carbocycles. The van der Waals surface area contributed by atoms with Crippen LogP contribution >= 0.6 is 0 Å². The first-order valence-corrected chi connectivity index (χ1v) is 5.75. The lowest BCUT2D eigenvalue weighted by Crippen LogP contribution is -2.51. The van der Waals surface area contributed by atoms with Crippen molar-refractivity contribution in [1.29, 1.82) is 0 Å². The van der Waals surface area contributed by atoms with E-state index < -0.39 is 31.3 Å². The van der Waals surface area contributed by atoms with Crippen molar-refractivity contribution in [2.45, 2.75) is 37.0 Å². The van der Waals surface area contributed by atoms with Crippen LogP contribution < -0.4 is 5.32 Å². The second-order valence-electron chi connectivity index (χ2n) is 4.71. The average Bonchev–Trinajstić information content (AvgIpc) is 2.83. The van der Waals surface area contributed by atoms with Crippen LogP contribution in [0.25, 0.3) is 0 Å². The number of aliphatic hydroxyl groups is 2. The van der Waals surface area contributed by atoms with Gasteiger partial charge >= 0.3 is 7.12 Å². The highest BCUT2D eigenvalue weighted by Gasteiger charge is 2.44. The quantitative estimate of drug-likeness (QED) is 0.325. The number of carbonyl (C=O) groups is 1. The molecule has 2 rings (SSSR count). The van der Waals surface area contributed by atoms with Crippen LogP contribution in [0, 0.1) is 0 Å². The summed E-state index contributed by atoms with van der Waals surface area (Å²) in [7, 11) is -1.65. The van der Waals surface area contributed by atoms with Gasteiger partial charge in [0.15, 0.2) is 0 Å². The largest absolute Gasteiger partial charge is 0.475 e. The average molecular weight is 244 g/mol. The van der Waals surface area contributed by atoms with Gasteiger partial charge in [0.25, 0.3) is 0 Å². The number of aliphatic hydroxyl groups excluding tert-OH is 2. The van der Waals surface area contributed by atoms with Gasteiger partial charge in [-0.25, -0.2) is 0 Å². The van der Waals surface area contributed by atoms with E-state index in [0.717, 1.165) is 0 Å². The van der Waals surface area contributed by atoms with Crippen molar-refractivity contribution in [1.82, 2.24) is 10.2 Å². The zero-order chi connectivity index (χ0) is 12.6. The maximum atomic E-state index is 12.1. The second-order valence-corrected chi connectivity index (χ2v) is 4.71. The van der Waals surface area contributed by atoms with E-state index in [1.54, 1.807) is 0 Å². The summed E-state index contributed by atoms with van der Waals surface area (Å²) >= 11 is 0. The molecule has 0 aliphatic carbocycles. The Morgan fingerprint density at radius 2 is 1.94 bits per heavy atom. The molecule has 8 heteroatoms. The predicted octanol–water partition coefficient (Wildman–Crippen LogP) is -3.32. The van der Waals surface area contributed by atoms with Crippen molar-refractivity contribution in [2.75, 3.05) is 13.1 Å². The Balaban J connectivity index is 2.02. The van der Waals surface area contributed by atoms with Crippen LogP contribution in [0.3, 0.4) is 0 Å². The number of likely N-dealkylation sites (tertiary alicyclic amines) is 1. The van der Waals surface area contributed by atoms with Crippen molar-refractivity contribution in [3.8, 4) is 0 Å². The van der Waals surface area contributed by atoms with Gasteiger partial charge in [-0.05, 0) is 12.8 Å². The second kappa shape index (κ2) is 4.91. The van der Waals surface area contributed by atoms with Crippen LogP contribution in [0.2, 0.25) is 0 Å². The first-order chi connectivity index (χ1) is 7.99. The third-order valence-corrected chi connectivity index (χ3v) is 3.35. The molecule has 0 unspecified atom stereocenters. The molecule has 2 heterocycles. The molecule has 0 radical (unpaired) electrons. The monoisotopic (exact) mass is 244 g/mol. The van der Waals surface area contributed by atoms with E-state index in [4.69, 9.17) is 10.0 Å². The summed E-state index contributed by atoms with van der Waals surface area (Å²) < 4.78 is 0. The fraction of sp³-hybridized carbons (Fsp3) is 0.889. The van der Waals surface area contributed by atoms with Gasteiger partial charge < -0.3 is 30.5 Å². The van der Waals surface area contributed by atoms with Gasteiger partial charge in [-0.1, -0.05) is 0 Å². The van der Waals surface area contributed by atoms with E-state index in [0.29, 0.717) is 13.0 Å². The number of nitrogens with one attached hydrogen (secondary N) is 1. The number of rotatable bonds is 2. The summed E-state index contributed by atoms with van der Waals surface area (Å²) in [6, 6.07) is -0.503. The van der Waals surface area contributed by atoms with Crippen LogP contribution in [0.5, 0.6) is 0 Å². The van der Waals surface area contributed by atoms with Crippen LogP contribution in [0.4, 0.5) is 0 Å². The topological polar surface area (TPSA) is 113 Å². The highest BCUT2D eigenvalue weighted by Crippen LogP contribution is 2.21. The number of hydrogen-bond acceptors (Lipinski definition) is 6. The van der Waals surface area contributed by atoms with Crippen molar-refractivity contribution in [3.63, 3.8) is 0 Å². The minimum atomic E-state index is -1.65. The van der Waals surface area contributed by atoms with Crippen molar-refractivity contribution < 1.29 is 25.1 Å². The van der Waals surface area contributed by atoms with Crippen LogP contribution in [-0.4, -0.2) is 75.5 Å². The number of β-amino-alcohol motifs (C(OH)–C–C–N with tert-alkyl or cyclic N) is 2. The molecule has 0 saturated carbocycles. The number of hydrogen-bond donors (Lipinski definition) is 5. The molecule has 0 bridgehead atoms. The molecule has 0 aromatic rings. The normalized spacial score (nSPS) is 37.5. The van der Waals surface area contributed by atoms with Gasteiger partial charge in [0.05, 0.1) is 24.2 Å². The Hall–Kier alpha value is -0.665. The Kier molecular flexibility index (Phi) is 3.69. The van der Waals surface area contributed by atoms with E-state index in [-0.39, 0.29) is 18.9 Å². The molecule has 5 N–H and O–H groups in total. The summed E-state index contributed by atoms with van der Waals surface area (Å²) in [6.07, 6.45) is -0.788. The molecule has 0 spiro atoms. The van der Waals surface area contributed by atoms with Gasteiger partial charge in [-0.2, -0.15) is 0 Å². The SMILES string of the molecule is O=C([C@@H]1C[C@@H](O)CN1)N1C[C@@H](O)C[C@H]1B(O)O. The van der Waals surface area contributed by atoms with Gasteiger partial charge in [-0.3, -0.25) is 4.79 Å². The van der Waals surface area contributed by atoms with E-state index in [9.17, 15) is 15.0 Å². The van der Waals surface area contributed by atoms with Crippen LogP contribution in [0.1, 0.15) is 12.8 Å². The fourth-order valence-corrected chi connectivity index (χ4v) is 2.48. The summed E-state index contributed by atoms with van der Waals surface area (Å²) in [5, 5.41) is 40.0. The van der Waals surface area contributed by atoms with Crippen molar-refractivity contribution >= 4 is 13.0 Å². The summed E-state index contributed by atoms with van der Waals surface area (Å²) in [5.41, 5.74) is 0. The number of carbonyl (C=O) groups excluding carboxylic acids is 1. The summed E-state index contributed by atoms with van der Waals surface area (Å²) in [4.78, 5) is 13.4. The zero-order valence-electron chi connectivity index (χ0n) is 9.36. The first-order valence-electron chi connectivity index (χ1n) is 5.75. The summed E-state index contributed by atoms with van der Waals surface area (Å²) in [5.74, 6) is -1.06. The third kappa shape index (κ3) is 2.61. The first kappa shape index (κ1) is 12.8. The Morgan fingerprint density at radius 1 is 1.24 bits per heavy atom. The van der Waals surface area contributed by atoms with Gasteiger partial charge in [0.1, 0.15) is 0 Å². The highest BCUT2D eigenvalue weighted by molar-refractivity contribution is 6.43. The highest BCUT2D eigenvalue weighted by atomic mass is 16.4. The molecule has 1 amide bonds. The van der Waals surface area contributed by atoms with Crippen LogP contribution in [-0.2, 0) is 4.79 Å². The lowest BCUT2D eigenvalue weighted by molar-refractivity contribution is -0.133. The molecule has 2 aliphatic rings. The minimum Gasteiger partial charge on any atom is -0.426 e. The van der Waals surface area contributed by atoms with E-state index in [1.165, 1.54) is 4.90 Å². The molecule has 96 valence electrons. The molecule has 4 atom stereocenters. The van der Waals surface area contributed by atoms with Crippen molar-refractivity contribution in [2.24, 2.45) is 0 Å². The molecule has 17 heavy (non-hydrogen) atoms. The Labute approximate surface area is 99.2 Å². The summed E-state index contributed by atoms with van der Waals surface area (Å²) in [6.45, 7) is 0.467. The third-order valence-electron chi connectivity index (χ3n) is 3.35. The number of nitrogens with zero attached hydrogens (tertiary/aromatic N) is 1. The lowest BCUT2D eigenvalue weighted by atomic mass is 9.77. The standard InChI is InChI=1S/C9H17BN2O5/c13-5-1-7(11-3-5)9(15)12-4-6(14)2-8(12)10(16)17/h5-8,11,13-14,16-17H,1-4H2/t5-,6+,7+,8+/m1/s1. The Morgan fingerprint density at radius 3 is 2.47 bits per heavy atom. The maximum Gasteiger partial charge on any atom is 0.475 e. The minimum absolute atomic E-state index is 0.107. The predicted molar refractivity (Wildman–Crippen MR) is 58.7 cm³/mol. The lowest BCUT2D eigenvalue weighted by Gasteiger charge is -2.26. The van der Waals surface area contributed by atoms with Gasteiger partial charge in [-0.15, -0.1) is 0 Å². The smallest absolute Gasteiger partial charge is 0.426 e. The van der Waals surface area contributed by atoms with Crippen LogP contribution in [0.15, 0.2) is 0 Å². The molecule has 2 fully saturated rings. The zero-order valence-corrected chi connectivity index (χ0v) is 9.36. The molecular weight excluding hydrogens is 227 g/mol.